The van der Waals surface area contributed by atoms with Gasteiger partial charge in [0.2, 0.25) is 0 Å². The van der Waals surface area contributed by atoms with Crippen molar-refractivity contribution in [2.75, 3.05) is 13.1 Å². The Morgan fingerprint density at radius 1 is 1.50 bits per heavy atom. The van der Waals surface area contributed by atoms with E-state index in [0.29, 0.717) is 25.1 Å². The van der Waals surface area contributed by atoms with Crippen LogP contribution in [0.3, 0.4) is 0 Å². The zero-order chi connectivity index (χ0) is 14.8. The van der Waals surface area contributed by atoms with E-state index in [0.717, 1.165) is 12.8 Å². The van der Waals surface area contributed by atoms with Crippen molar-refractivity contribution in [3.8, 4) is 0 Å². The Balaban J connectivity index is 2.01. The van der Waals surface area contributed by atoms with Gasteiger partial charge in [-0.2, -0.15) is 0 Å². The first-order valence-electron chi connectivity index (χ1n) is 6.74. The van der Waals surface area contributed by atoms with Gasteiger partial charge in [-0.05, 0) is 33.6 Å². The third kappa shape index (κ3) is 3.55. The quantitative estimate of drug-likeness (QED) is 0.770. The van der Waals surface area contributed by atoms with Crippen molar-refractivity contribution in [3.63, 3.8) is 0 Å². The van der Waals surface area contributed by atoms with Crippen LogP contribution < -0.4 is 0 Å². The average Bonchev–Trinajstić information content (AvgIpc) is 2.85. The Morgan fingerprint density at radius 3 is 2.85 bits per heavy atom. The molecule has 7 heteroatoms. The lowest BCUT2D eigenvalue weighted by atomic mass is 10.1. The number of ether oxygens (including phenoxy) is 1. The van der Waals surface area contributed by atoms with Gasteiger partial charge in [-0.3, -0.25) is 4.79 Å². The van der Waals surface area contributed by atoms with Crippen molar-refractivity contribution in [2.24, 2.45) is 0 Å². The first kappa shape index (κ1) is 14.5. The van der Waals surface area contributed by atoms with Crippen molar-refractivity contribution in [2.45, 2.75) is 45.3 Å². The number of nitrogens with zero attached hydrogens (tertiary/aromatic N) is 4. The number of carbonyl (C=O) groups excluding carboxylic acids is 2. The van der Waals surface area contributed by atoms with E-state index in [2.05, 4.69) is 10.3 Å². The van der Waals surface area contributed by atoms with Crippen LogP contribution in [0.2, 0.25) is 0 Å². The van der Waals surface area contributed by atoms with E-state index in [1.807, 2.05) is 20.8 Å². The standard InChI is InChI=1S/C13H20N4O3/c1-13(2,3)20-12(19)16-6-4-5-11(8-16)17-7-10(9-18)14-15-17/h7,9,11H,4-6,8H2,1-3H3/t11-/m0/s1. The molecule has 1 fully saturated rings. The fourth-order valence-electron chi connectivity index (χ4n) is 2.19. The van der Waals surface area contributed by atoms with E-state index in [1.54, 1.807) is 15.8 Å². The van der Waals surface area contributed by atoms with Crippen molar-refractivity contribution in [1.29, 1.82) is 0 Å². The van der Waals surface area contributed by atoms with Gasteiger partial charge in [0.05, 0.1) is 12.2 Å². The van der Waals surface area contributed by atoms with Crippen LogP contribution in [-0.4, -0.2) is 51.0 Å². The Kier molecular flexibility index (Phi) is 4.06. The summed E-state index contributed by atoms with van der Waals surface area (Å²) in [6, 6.07) is 0.0393. The van der Waals surface area contributed by atoms with Crippen molar-refractivity contribution in [3.05, 3.63) is 11.9 Å². The molecule has 2 heterocycles. The minimum atomic E-state index is -0.498. The maximum atomic E-state index is 12.1. The molecule has 0 unspecified atom stereocenters. The van der Waals surface area contributed by atoms with E-state index in [-0.39, 0.29) is 12.1 Å². The van der Waals surface area contributed by atoms with Crippen LogP contribution in [0.25, 0.3) is 0 Å². The van der Waals surface area contributed by atoms with Gasteiger partial charge in [-0.1, -0.05) is 5.21 Å². The number of hydrogen-bond donors (Lipinski definition) is 0. The predicted molar refractivity (Wildman–Crippen MR) is 71.5 cm³/mol. The van der Waals surface area contributed by atoms with E-state index >= 15 is 0 Å². The monoisotopic (exact) mass is 280 g/mol. The summed E-state index contributed by atoms with van der Waals surface area (Å²) < 4.78 is 7.03. The van der Waals surface area contributed by atoms with E-state index < -0.39 is 5.60 Å². The summed E-state index contributed by atoms with van der Waals surface area (Å²) in [4.78, 5) is 24.4. The molecular weight excluding hydrogens is 260 g/mol. The highest BCUT2D eigenvalue weighted by Gasteiger charge is 2.28. The number of aromatic nitrogens is 3. The number of carbonyl (C=O) groups is 2. The van der Waals surface area contributed by atoms with Gasteiger partial charge >= 0.3 is 6.09 Å². The molecule has 0 radical (unpaired) electrons. The molecule has 1 saturated heterocycles. The zero-order valence-electron chi connectivity index (χ0n) is 12.1. The molecule has 7 nitrogen and oxygen atoms in total. The molecule has 1 atom stereocenters. The summed E-state index contributed by atoms with van der Waals surface area (Å²) in [6.07, 6.45) is 3.74. The average molecular weight is 280 g/mol. The van der Waals surface area contributed by atoms with Gasteiger partial charge in [0, 0.05) is 13.1 Å². The zero-order valence-corrected chi connectivity index (χ0v) is 12.1. The largest absolute Gasteiger partial charge is 0.444 e. The second-order valence-electron chi connectivity index (χ2n) is 5.96. The molecule has 1 aromatic heterocycles. The van der Waals surface area contributed by atoms with Gasteiger partial charge in [0.15, 0.2) is 6.29 Å². The maximum absolute atomic E-state index is 12.1. The van der Waals surface area contributed by atoms with Crippen LogP contribution >= 0.6 is 0 Å². The normalized spacial score (nSPS) is 19.8. The number of aldehydes is 1. The Hall–Kier alpha value is -1.92. The molecule has 0 bridgehead atoms. The molecule has 0 spiro atoms. The highest BCUT2D eigenvalue weighted by Crippen LogP contribution is 2.22. The summed E-state index contributed by atoms with van der Waals surface area (Å²) in [5.41, 5.74) is -0.193. The first-order valence-corrected chi connectivity index (χ1v) is 6.74. The molecular formula is C13H20N4O3. The van der Waals surface area contributed by atoms with Crippen LogP contribution in [-0.2, 0) is 4.74 Å². The number of amides is 1. The molecule has 2 rings (SSSR count). The van der Waals surface area contributed by atoms with Gasteiger partial charge in [0.1, 0.15) is 11.3 Å². The molecule has 20 heavy (non-hydrogen) atoms. The molecule has 1 aromatic rings. The lowest BCUT2D eigenvalue weighted by Crippen LogP contribution is -2.43. The molecule has 0 aliphatic carbocycles. The van der Waals surface area contributed by atoms with Crippen molar-refractivity contribution in [1.82, 2.24) is 19.9 Å². The highest BCUT2D eigenvalue weighted by molar-refractivity contribution is 5.70. The summed E-state index contributed by atoms with van der Waals surface area (Å²) in [5, 5.41) is 7.69. The number of hydrogen-bond acceptors (Lipinski definition) is 5. The lowest BCUT2D eigenvalue weighted by Gasteiger charge is -2.33. The van der Waals surface area contributed by atoms with Crippen LogP contribution in [0.4, 0.5) is 4.79 Å². The topological polar surface area (TPSA) is 77.3 Å². The fraction of sp³-hybridized carbons (Fsp3) is 0.692. The van der Waals surface area contributed by atoms with Gasteiger partial charge in [0.25, 0.3) is 0 Å². The second-order valence-corrected chi connectivity index (χ2v) is 5.96. The second kappa shape index (κ2) is 5.60. The predicted octanol–water partition coefficient (Wildman–Crippen LogP) is 1.66. The Bertz CT molecular complexity index is 492. The van der Waals surface area contributed by atoms with Crippen LogP contribution in [0.5, 0.6) is 0 Å². The van der Waals surface area contributed by atoms with E-state index in [9.17, 15) is 9.59 Å². The molecule has 1 aliphatic rings. The lowest BCUT2D eigenvalue weighted by molar-refractivity contribution is 0.0166. The number of piperidine rings is 1. The van der Waals surface area contributed by atoms with Crippen LogP contribution in [0.15, 0.2) is 6.20 Å². The van der Waals surface area contributed by atoms with Crippen LogP contribution in [0.1, 0.15) is 50.1 Å². The molecule has 0 N–H and O–H groups in total. The summed E-state index contributed by atoms with van der Waals surface area (Å²) >= 11 is 0. The minimum Gasteiger partial charge on any atom is -0.444 e. The summed E-state index contributed by atoms with van der Waals surface area (Å²) in [7, 11) is 0. The van der Waals surface area contributed by atoms with E-state index in [1.165, 1.54) is 0 Å². The third-order valence-corrected chi connectivity index (χ3v) is 3.07. The third-order valence-electron chi connectivity index (χ3n) is 3.07. The number of rotatable bonds is 2. The molecule has 0 aromatic carbocycles. The minimum absolute atomic E-state index is 0.0393. The van der Waals surface area contributed by atoms with E-state index in [4.69, 9.17) is 4.74 Å². The number of likely N-dealkylation sites (tertiary alicyclic amines) is 1. The fourth-order valence-corrected chi connectivity index (χ4v) is 2.19. The smallest absolute Gasteiger partial charge is 0.410 e. The Labute approximate surface area is 117 Å². The molecule has 0 saturated carbocycles. The summed E-state index contributed by atoms with van der Waals surface area (Å²) in [6.45, 7) is 6.75. The van der Waals surface area contributed by atoms with Gasteiger partial charge < -0.3 is 9.64 Å². The van der Waals surface area contributed by atoms with Gasteiger partial charge in [-0.25, -0.2) is 9.48 Å². The molecule has 1 amide bonds. The SMILES string of the molecule is CC(C)(C)OC(=O)N1CCC[C@H](n2cc(C=O)nn2)C1. The first-order chi connectivity index (χ1) is 9.39. The van der Waals surface area contributed by atoms with Gasteiger partial charge in [-0.15, -0.1) is 5.10 Å². The maximum Gasteiger partial charge on any atom is 0.410 e. The Morgan fingerprint density at radius 2 is 2.25 bits per heavy atom. The van der Waals surface area contributed by atoms with Crippen LogP contribution in [0, 0.1) is 0 Å². The molecule has 1 aliphatic heterocycles. The van der Waals surface area contributed by atoms with Crippen molar-refractivity contribution < 1.29 is 14.3 Å². The highest BCUT2D eigenvalue weighted by atomic mass is 16.6. The molecule has 110 valence electrons. The summed E-state index contributed by atoms with van der Waals surface area (Å²) in [5.74, 6) is 0. The van der Waals surface area contributed by atoms with Crippen molar-refractivity contribution >= 4 is 12.4 Å².